The Kier molecular flexibility index (Phi) is 5.55. The second-order valence-corrected chi connectivity index (χ2v) is 9.34. The van der Waals surface area contributed by atoms with Crippen molar-refractivity contribution in [1.82, 2.24) is 15.1 Å². The SMILES string of the molecule is Cc1ccc(N2C(=O)c3cc(-c4ccco4)nn3C[C@]2(C)C(=O)NCc2ccccc2C)cc1C. The molecule has 1 atom stereocenters. The number of benzene rings is 2. The number of carbonyl (C=O) groups excluding carboxylic acids is 2. The maximum Gasteiger partial charge on any atom is 0.277 e. The summed E-state index contributed by atoms with van der Waals surface area (Å²) in [6.07, 6.45) is 1.57. The third-order valence-electron chi connectivity index (χ3n) is 6.87. The number of amides is 2. The first-order chi connectivity index (χ1) is 16.8. The molecule has 178 valence electrons. The number of hydrogen-bond donors (Lipinski definition) is 1. The number of aromatic nitrogens is 2. The smallest absolute Gasteiger partial charge is 0.277 e. The molecule has 0 spiro atoms. The lowest BCUT2D eigenvalue weighted by atomic mass is 9.93. The maximum atomic E-state index is 13.9. The molecular weight excluding hydrogens is 440 g/mol. The molecule has 0 unspecified atom stereocenters. The van der Waals surface area contributed by atoms with E-state index in [4.69, 9.17) is 4.42 Å². The monoisotopic (exact) mass is 468 g/mol. The summed E-state index contributed by atoms with van der Waals surface area (Å²) in [7, 11) is 0. The second-order valence-electron chi connectivity index (χ2n) is 9.34. The fraction of sp³-hybridized carbons (Fsp3) is 0.250. The molecule has 7 heteroatoms. The van der Waals surface area contributed by atoms with E-state index in [1.54, 1.807) is 41.0 Å². The zero-order chi connectivity index (χ0) is 24.7. The van der Waals surface area contributed by atoms with E-state index in [0.29, 0.717) is 29.4 Å². The second kappa shape index (κ2) is 8.58. The summed E-state index contributed by atoms with van der Waals surface area (Å²) in [5, 5.41) is 7.68. The standard InChI is InChI=1S/C28H28N4O3/c1-18-11-12-22(14-20(18)3)32-26(33)24-15-23(25-10-7-13-35-25)30-31(24)17-28(32,4)27(34)29-16-21-9-6-5-8-19(21)2/h5-15H,16-17H2,1-4H3,(H,29,34)/t28-/m1/s1. The molecule has 2 aromatic carbocycles. The fourth-order valence-electron chi connectivity index (χ4n) is 4.57. The van der Waals surface area contributed by atoms with Crippen LogP contribution in [0.25, 0.3) is 11.5 Å². The van der Waals surface area contributed by atoms with Crippen LogP contribution in [0.1, 0.15) is 39.7 Å². The highest BCUT2D eigenvalue weighted by atomic mass is 16.3. The first-order valence-corrected chi connectivity index (χ1v) is 11.6. The van der Waals surface area contributed by atoms with Crippen molar-refractivity contribution >= 4 is 17.5 Å². The molecular formula is C28H28N4O3. The summed E-state index contributed by atoms with van der Waals surface area (Å²) in [4.78, 5) is 29.3. The molecule has 0 radical (unpaired) electrons. The molecule has 4 aromatic rings. The van der Waals surface area contributed by atoms with Crippen molar-refractivity contribution in [2.75, 3.05) is 4.90 Å². The highest BCUT2D eigenvalue weighted by Gasteiger charge is 2.49. The Labute approximate surface area is 204 Å². The van der Waals surface area contributed by atoms with Crippen LogP contribution in [0, 0.1) is 20.8 Å². The molecule has 0 saturated heterocycles. The summed E-state index contributed by atoms with van der Waals surface area (Å²) in [5.41, 5.74) is 4.76. The Bertz CT molecular complexity index is 1420. The van der Waals surface area contributed by atoms with Gasteiger partial charge in [0.15, 0.2) is 5.76 Å². The van der Waals surface area contributed by atoms with Crippen LogP contribution in [0.15, 0.2) is 71.3 Å². The number of fused-ring (bicyclic) bond motifs is 1. The Morgan fingerprint density at radius 1 is 1.03 bits per heavy atom. The van der Waals surface area contributed by atoms with Crippen molar-refractivity contribution < 1.29 is 14.0 Å². The zero-order valence-corrected chi connectivity index (χ0v) is 20.3. The fourth-order valence-corrected chi connectivity index (χ4v) is 4.57. The van der Waals surface area contributed by atoms with Crippen LogP contribution in [0.3, 0.4) is 0 Å². The highest BCUT2D eigenvalue weighted by molar-refractivity contribution is 6.12. The van der Waals surface area contributed by atoms with E-state index in [0.717, 1.165) is 22.3 Å². The normalized spacial score (nSPS) is 17.4. The molecule has 1 N–H and O–H groups in total. The van der Waals surface area contributed by atoms with Crippen molar-refractivity contribution in [1.29, 1.82) is 0 Å². The van der Waals surface area contributed by atoms with Gasteiger partial charge >= 0.3 is 0 Å². The third-order valence-corrected chi connectivity index (χ3v) is 6.87. The van der Waals surface area contributed by atoms with Gasteiger partial charge in [-0.1, -0.05) is 30.3 Å². The molecule has 0 saturated carbocycles. The first kappa shape index (κ1) is 22.7. The van der Waals surface area contributed by atoms with Crippen LogP contribution in [0.2, 0.25) is 0 Å². The van der Waals surface area contributed by atoms with E-state index in [9.17, 15) is 9.59 Å². The largest absolute Gasteiger partial charge is 0.463 e. The molecule has 0 bridgehead atoms. The molecule has 7 nitrogen and oxygen atoms in total. The molecule has 1 aliphatic rings. The van der Waals surface area contributed by atoms with Crippen LogP contribution in [-0.4, -0.2) is 27.1 Å². The maximum absolute atomic E-state index is 13.9. The van der Waals surface area contributed by atoms with Crippen molar-refractivity contribution in [2.24, 2.45) is 0 Å². The number of nitrogens with zero attached hydrogens (tertiary/aromatic N) is 3. The zero-order valence-electron chi connectivity index (χ0n) is 20.3. The first-order valence-electron chi connectivity index (χ1n) is 11.6. The molecule has 2 amide bonds. The van der Waals surface area contributed by atoms with Gasteiger partial charge in [0, 0.05) is 18.3 Å². The molecule has 3 heterocycles. The summed E-state index contributed by atoms with van der Waals surface area (Å²) in [6, 6.07) is 19.1. The Morgan fingerprint density at radius 2 is 1.83 bits per heavy atom. The molecule has 0 fully saturated rings. The van der Waals surface area contributed by atoms with Crippen molar-refractivity contribution in [3.63, 3.8) is 0 Å². The Balaban J connectivity index is 1.56. The number of carbonyl (C=O) groups is 2. The van der Waals surface area contributed by atoms with Gasteiger partial charge in [-0.3, -0.25) is 19.2 Å². The van der Waals surface area contributed by atoms with E-state index in [1.165, 1.54) is 0 Å². The Hall–Kier alpha value is -4.13. The van der Waals surface area contributed by atoms with Crippen LogP contribution in [-0.2, 0) is 17.9 Å². The van der Waals surface area contributed by atoms with Gasteiger partial charge in [-0.15, -0.1) is 0 Å². The molecule has 35 heavy (non-hydrogen) atoms. The minimum Gasteiger partial charge on any atom is -0.463 e. The minimum absolute atomic E-state index is 0.210. The molecule has 1 aliphatic heterocycles. The van der Waals surface area contributed by atoms with Gasteiger partial charge in [0.25, 0.3) is 5.91 Å². The lowest BCUT2D eigenvalue weighted by Gasteiger charge is -2.43. The van der Waals surface area contributed by atoms with Gasteiger partial charge in [0.05, 0.1) is 12.8 Å². The van der Waals surface area contributed by atoms with E-state index in [2.05, 4.69) is 10.4 Å². The molecule has 2 aromatic heterocycles. The topological polar surface area (TPSA) is 80.4 Å². The summed E-state index contributed by atoms with van der Waals surface area (Å²) in [5.74, 6) is 0.0505. The van der Waals surface area contributed by atoms with E-state index >= 15 is 0 Å². The van der Waals surface area contributed by atoms with Crippen LogP contribution >= 0.6 is 0 Å². The number of aryl methyl sites for hydroxylation is 3. The van der Waals surface area contributed by atoms with Crippen molar-refractivity contribution in [3.05, 3.63) is 94.9 Å². The summed E-state index contributed by atoms with van der Waals surface area (Å²) in [6.45, 7) is 8.42. The van der Waals surface area contributed by atoms with Crippen LogP contribution in [0.4, 0.5) is 5.69 Å². The number of hydrogen-bond acceptors (Lipinski definition) is 4. The number of rotatable bonds is 5. The van der Waals surface area contributed by atoms with Gasteiger partial charge in [-0.05, 0) is 74.2 Å². The number of anilines is 1. The van der Waals surface area contributed by atoms with Crippen LogP contribution < -0.4 is 10.2 Å². The van der Waals surface area contributed by atoms with Gasteiger partial charge < -0.3 is 9.73 Å². The minimum atomic E-state index is -1.19. The lowest BCUT2D eigenvalue weighted by Crippen LogP contribution is -2.64. The lowest BCUT2D eigenvalue weighted by molar-refractivity contribution is -0.126. The van der Waals surface area contributed by atoms with Crippen molar-refractivity contribution in [3.8, 4) is 11.5 Å². The Morgan fingerprint density at radius 3 is 2.54 bits per heavy atom. The average molecular weight is 469 g/mol. The van der Waals surface area contributed by atoms with Gasteiger partial charge in [-0.25, -0.2) is 0 Å². The predicted molar refractivity (Wildman–Crippen MR) is 134 cm³/mol. The quantitative estimate of drug-likeness (QED) is 0.456. The third kappa shape index (κ3) is 3.93. The molecule has 0 aliphatic carbocycles. The number of furan rings is 1. The van der Waals surface area contributed by atoms with Gasteiger partial charge in [0.2, 0.25) is 5.91 Å². The summed E-state index contributed by atoms with van der Waals surface area (Å²) >= 11 is 0. The average Bonchev–Trinajstić information content (AvgIpc) is 3.51. The van der Waals surface area contributed by atoms with E-state index < -0.39 is 5.54 Å². The van der Waals surface area contributed by atoms with E-state index in [-0.39, 0.29) is 18.4 Å². The van der Waals surface area contributed by atoms with Gasteiger partial charge in [0.1, 0.15) is 16.9 Å². The molecule has 5 rings (SSSR count). The van der Waals surface area contributed by atoms with Crippen LogP contribution in [0.5, 0.6) is 0 Å². The van der Waals surface area contributed by atoms with Gasteiger partial charge in [-0.2, -0.15) is 5.10 Å². The number of nitrogens with one attached hydrogen (secondary N) is 1. The summed E-state index contributed by atoms with van der Waals surface area (Å²) < 4.78 is 7.11. The van der Waals surface area contributed by atoms with Crippen molar-refractivity contribution in [2.45, 2.75) is 46.3 Å². The highest BCUT2D eigenvalue weighted by Crippen LogP contribution is 2.35. The van der Waals surface area contributed by atoms with E-state index in [1.807, 2.05) is 63.2 Å². The predicted octanol–water partition coefficient (Wildman–Crippen LogP) is 4.80.